The van der Waals surface area contributed by atoms with Crippen LogP contribution >= 0.6 is 0 Å². The molecule has 2 rings (SSSR count). The van der Waals surface area contributed by atoms with Crippen LogP contribution in [0.4, 0.5) is 13.2 Å². The van der Waals surface area contributed by atoms with Gasteiger partial charge in [0.2, 0.25) is 0 Å². The summed E-state index contributed by atoms with van der Waals surface area (Å²) in [6, 6.07) is 14.2. The lowest BCUT2D eigenvalue weighted by Gasteiger charge is -2.15. The monoisotopic (exact) mass is 381 g/mol. The van der Waals surface area contributed by atoms with Gasteiger partial charge in [0.25, 0.3) is 0 Å². The molecule has 0 saturated heterocycles. The Balaban J connectivity index is 1.90. The van der Waals surface area contributed by atoms with Crippen molar-refractivity contribution < 1.29 is 22.6 Å². The molecule has 0 atom stereocenters. The summed E-state index contributed by atoms with van der Waals surface area (Å²) in [5.74, 6) is 1.49. The molecule has 0 aliphatic carbocycles. The molecule has 0 amide bonds. The molecule has 0 aliphatic rings. The summed E-state index contributed by atoms with van der Waals surface area (Å²) in [7, 11) is 3.23. The van der Waals surface area contributed by atoms with Crippen LogP contribution in [0.3, 0.4) is 0 Å². The summed E-state index contributed by atoms with van der Waals surface area (Å²) in [4.78, 5) is 4.12. The molecule has 0 heterocycles. The molecule has 0 fully saturated rings. The average molecular weight is 381 g/mol. The second-order valence-electron chi connectivity index (χ2n) is 5.64. The number of aliphatic imine (C=N–C) groups is 1. The zero-order valence-electron chi connectivity index (χ0n) is 15.1. The van der Waals surface area contributed by atoms with Gasteiger partial charge in [0, 0.05) is 25.7 Å². The summed E-state index contributed by atoms with van der Waals surface area (Å²) in [5.41, 5.74) is 1.64. The third kappa shape index (κ3) is 7.08. The topological polar surface area (TPSA) is 54.9 Å². The molecule has 0 spiro atoms. The molecule has 0 radical (unpaired) electrons. The number of ether oxygens (including phenoxy) is 2. The van der Waals surface area contributed by atoms with Gasteiger partial charge in [-0.15, -0.1) is 0 Å². The first-order valence-corrected chi connectivity index (χ1v) is 8.26. The first-order chi connectivity index (χ1) is 12.9. The van der Waals surface area contributed by atoms with E-state index in [2.05, 4.69) is 15.6 Å². The van der Waals surface area contributed by atoms with Gasteiger partial charge in [-0.3, -0.25) is 4.99 Å². The lowest BCUT2D eigenvalue weighted by molar-refractivity contribution is -0.153. The van der Waals surface area contributed by atoms with Gasteiger partial charge >= 0.3 is 6.18 Å². The molecule has 0 aromatic heterocycles. The van der Waals surface area contributed by atoms with Crippen molar-refractivity contribution >= 4 is 5.96 Å². The number of rotatable bonds is 7. The number of halogens is 3. The van der Waals surface area contributed by atoms with E-state index in [-0.39, 0.29) is 12.3 Å². The first-order valence-electron chi connectivity index (χ1n) is 8.26. The summed E-state index contributed by atoms with van der Waals surface area (Å²) in [6.45, 7) is -0.513. The van der Waals surface area contributed by atoms with E-state index in [0.29, 0.717) is 18.1 Å². The number of alkyl halides is 3. The number of hydrogen-bond acceptors (Lipinski definition) is 3. The Bertz CT molecular complexity index is 747. The maximum absolute atomic E-state index is 12.4. The second kappa shape index (κ2) is 9.70. The van der Waals surface area contributed by atoms with Crippen LogP contribution in [0.25, 0.3) is 0 Å². The Labute approximate surface area is 156 Å². The SMILES string of the molecule is CN=C(NCc1ccc(OC)cc1)NCc1ccccc1OCC(F)(F)F. The highest BCUT2D eigenvalue weighted by molar-refractivity contribution is 5.79. The standard InChI is InChI=1S/C19H22F3N3O2/c1-23-18(24-11-14-7-9-16(26-2)10-8-14)25-12-15-5-3-4-6-17(15)27-13-19(20,21)22/h3-10H,11-13H2,1-2H3,(H2,23,24,25). The molecule has 0 bridgehead atoms. The van der Waals surface area contributed by atoms with Gasteiger partial charge in [-0.2, -0.15) is 13.2 Å². The van der Waals surface area contributed by atoms with Crippen molar-refractivity contribution in [2.75, 3.05) is 20.8 Å². The Morgan fingerprint density at radius 1 is 1.00 bits per heavy atom. The van der Waals surface area contributed by atoms with E-state index in [4.69, 9.17) is 9.47 Å². The molecule has 2 aromatic rings. The van der Waals surface area contributed by atoms with Crippen LogP contribution in [0.1, 0.15) is 11.1 Å². The van der Waals surface area contributed by atoms with Crippen molar-refractivity contribution in [1.82, 2.24) is 10.6 Å². The fraction of sp³-hybridized carbons (Fsp3) is 0.316. The molecule has 0 saturated carbocycles. The molecular weight excluding hydrogens is 359 g/mol. The van der Waals surface area contributed by atoms with Gasteiger partial charge in [-0.1, -0.05) is 30.3 Å². The maximum Gasteiger partial charge on any atom is 0.422 e. The molecule has 0 aliphatic heterocycles. The lowest BCUT2D eigenvalue weighted by Crippen LogP contribution is -2.36. The van der Waals surface area contributed by atoms with Crippen molar-refractivity contribution in [2.45, 2.75) is 19.3 Å². The van der Waals surface area contributed by atoms with Crippen LogP contribution in [-0.4, -0.2) is 32.9 Å². The van der Waals surface area contributed by atoms with Gasteiger partial charge in [-0.25, -0.2) is 0 Å². The highest BCUT2D eigenvalue weighted by atomic mass is 19.4. The highest BCUT2D eigenvalue weighted by Gasteiger charge is 2.28. The van der Waals surface area contributed by atoms with E-state index in [1.807, 2.05) is 24.3 Å². The second-order valence-corrected chi connectivity index (χ2v) is 5.64. The van der Waals surface area contributed by atoms with Crippen molar-refractivity contribution in [3.63, 3.8) is 0 Å². The summed E-state index contributed by atoms with van der Waals surface area (Å²) >= 11 is 0. The van der Waals surface area contributed by atoms with Gasteiger partial charge < -0.3 is 20.1 Å². The number of nitrogens with zero attached hydrogens (tertiary/aromatic N) is 1. The van der Waals surface area contributed by atoms with Crippen LogP contribution < -0.4 is 20.1 Å². The van der Waals surface area contributed by atoms with E-state index in [0.717, 1.165) is 11.3 Å². The third-order valence-electron chi connectivity index (χ3n) is 3.65. The number of methoxy groups -OCH3 is 1. The Morgan fingerprint density at radius 2 is 1.67 bits per heavy atom. The first kappa shape index (κ1) is 20.4. The molecule has 5 nitrogen and oxygen atoms in total. The number of para-hydroxylation sites is 1. The molecule has 2 N–H and O–H groups in total. The van der Waals surface area contributed by atoms with Crippen LogP contribution in [-0.2, 0) is 13.1 Å². The molecular formula is C19H22F3N3O2. The van der Waals surface area contributed by atoms with Crippen LogP contribution in [0, 0.1) is 0 Å². The predicted molar refractivity (Wildman–Crippen MR) is 98.0 cm³/mol. The van der Waals surface area contributed by atoms with Crippen LogP contribution in [0.5, 0.6) is 11.5 Å². The van der Waals surface area contributed by atoms with E-state index < -0.39 is 12.8 Å². The summed E-state index contributed by atoms with van der Waals surface area (Å²) in [5, 5.41) is 6.22. The molecule has 8 heteroatoms. The quantitative estimate of drug-likeness (QED) is 0.569. The minimum atomic E-state index is -4.38. The maximum atomic E-state index is 12.4. The number of guanidine groups is 1. The number of hydrogen-bond donors (Lipinski definition) is 2. The third-order valence-corrected chi connectivity index (χ3v) is 3.65. The van der Waals surface area contributed by atoms with Gasteiger partial charge in [-0.05, 0) is 23.8 Å². The van der Waals surface area contributed by atoms with Gasteiger partial charge in [0.1, 0.15) is 11.5 Å². The Hall–Kier alpha value is -2.90. The van der Waals surface area contributed by atoms with Gasteiger partial charge in [0.15, 0.2) is 12.6 Å². The smallest absolute Gasteiger partial charge is 0.422 e. The van der Waals surface area contributed by atoms with Crippen molar-refractivity contribution in [3.8, 4) is 11.5 Å². The number of benzene rings is 2. The van der Waals surface area contributed by atoms with Crippen LogP contribution in [0.2, 0.25) is 0 Å². The van der Waals surface area contributed by atoms with E-state index >= 15 is 0 Å². The molecule has 146 valence electrons. The Morgan fingerprint density at radius 3 is 2.30 bits per heavy atom. The Kier molecular flexibility index (Phi) is 7.34. The van der Waals surface area contributed by atoms with E-state index in [1.165, 1.54) is 6.07 Å². The zero-order chi connectivity index (χ0) is 19.7. The van der Waals surface area contributed by atoms with Gasteiger partial charge in [0.05, 0.1) is 7.11 Å². The largest absolute Gasteiger partial charge is 0.497 e. The fourth-order valence-corrected chi connectivity index (χ4v) is 2.28. The van der Waals surface area contributed by atoms with E-state index in [1.54, 1.807) is 32.4 Å². The predicted octanol–water partition coefficient (Wildman–Crippen LogP) is 3.50. The number of nitrogens with one attached hydrogen (secondary N) is 2. The average Bonchev–Trinajstić information content (AvgIpc) is 2.67. The zero-order valence-corrected chi connectivity index (χ0v) is 15.1. The minimum absolute atomic E-state index is 0.188. The van der Waals surface area contributed by atoms with Crippen LogP contribution in [0.15, 0.2) is 53.5 Å². The summed E-state index contributed by atoms with van der Waals surface area (Å²) in [6.07, 6.45) is -4.38. The minimum Gasteiger partial charge on any atom is -0.497 e. The molecule has 0 unspecified atom stereocenters. The normalized spacial score (nSPS) is 11.8. The van der Waals surface area contributed by atoms with E-state index in [9.17, 15) is 13.2 Å². The fourth-order valence-electron chi connectivity index (χ4n) is 2.28. The molecule has 27 heavy (non-hydrogen) atoms. The van der Waals surface area contributed by atoms with Crippen molar-refractivity contribution in [3.05, 3.63) is 59.7 Å². The highest BCUT2D eigenvalue weighted by Crippen LogP contribution is 2.22. The summed E-state index contributed by atoms with van der Waals surface area (Å²) < 4.78 is 47.1. The van der Waals surface area contributed by atoms with Crippen molar-refractivity contribution in [1.29, 1.82) is 0 Å². The molecule has 2 aromatic carbocycles. The lowest BCUT2D eigenvalue weighted by atomic mass is 10.2. The van der Waals surface area contributed by atoms with Crippen molar-refractivity contribution in [2.24, 2.45) is 4.99 Å².